The van der Waals surface area contributed by atoms with Crippen LogP contribution >= 0.6 is 0 Å². The second-order valence-corrected chi connectivity index (χ2v) is 23.4. The van der Waals surface area contributed by atoms with Crippen LogP contribution in [0.4, 0.5) is 0 Å². The summed E-state index contributed by atoms with van der Waals surface area (Å²) in [5.74, 6) is -2.29. The van der Waals surface area contributed by atoms with E-state index in [9.17, 15) is 19.5 Å². The monoisotopic (exact) mass is 1160 g/mol. The van der Waals surface area contributed by atoms with Crippen molar-refractivity contribution in [3.8, 4) is 0 Å². The van der Waals surface area contributed by atoms with Crippen LogP contribution < -0.4 is 5.11 Å². The van der Waals surface area contributed by atoms with Gasteiger partial charge in [0.15, 0.2) is 12.4 Å². The number of allylic oxidation sites excluding steroid dienone is 20. The number of likely N-dealkylation sites (N-methyl/N-ethyl adjacent to an activating group) is 1. The molecule has 2 unspecified atom stereocenters. The van der Waals surface area contributed by atoms with Gasteiger partial charge in [0.1, 0.15) is 13.2 Å². The zero-order valence-electron chi connectivity index (χ0n) is 54.0. The van der Waals surface area contributed by atoms with E-state index < -0.39 is 24.3 Å². The predicted octanol–water partition coefficient (Wildman–Crippen LogP) is 19.5. The van der Waals surface area contributed by atoms with Gasteiger partial charge >= 0.3 is 11.9 Å². The first-order valence-corrected chi connectivity index (χ1v) is 33.7. The van der Waals surface area contributed by atoms with Gasteiger partial charge < -0.3 is 33.3 Å². The molecule has 0 heterocycles. The normalized spacial score (nSPS) is 13.5. The Morgan fingerprint density at radius 1 is 0.373 bits per heavy atom. The van der Waals surface area contributed by atoms with Crippen LogP contribution in [0, 0.1) is 0 Å². The van der Waals surface area contributed by atoms with Crippen molar-refractivity contribution in [2.24, 2.45) is 0 Å². The molecule has 0 aliphatic heterocycles. The van der Waals surface area contributed by atoms with Crippen LogP contribution in [0.15, 0.2) is 122 Å². The number of ether oxygens (including phenoxy) is 4. The van der Waals surface area contributed by atoms with Gasteiger partial charge in [0.25, 0.3) is 0 Å². The molecule has 0 spiro atoms. The second-order valence-electron chi connectivity index (χ2n) is 23.4. The van der Waals surface area contributed by atoms with Crippen LogP contribution in [0.2, 0.25) is 0 Å². The molecule has 0 bridgehead atoms. The zero-order chi connectivity index (χ0) is 60.5. The Morgan fingerprint density at radius 2 is 0.687 bits per heavy atom. The van der Waals surface area contributed by atoms with E-state index in [2.05, 4.69) is 135 Å². The van der Waals surface area contributed by atoms with Crippen LogP contribution in [0.1, 0.15) is 271 Å². The Balaban J connectivity index is 4.13. The molecule has 9 nitrogen and oxygen atoms in total. The minimum absolute atomic E-state index is 0.144. The van der Waals surface area contributed by atoms with Gasteiger partial charge in [0, 0.05) is 12.8 Å². The summed E-state index contributed by atoms with van der Waals surface area (Å²) in [5, 5.41) is 11.8. The molecule has 0 aromatic heterocycles. The molecule has 0 fully saturated rings. The van der Waals surface area contributed by atoms with E-state index >= 15 is 0 Å². The van der Waals surface area contributed by atoms with Gasteiger partial charge in [-0.05, 0) is 89.9 Å². The number of rotatable bonds is 61. The number of carbonyl (C=O) groups excluding carboxylic acids is 3. The minimum Gasteiger partial charge on any atom is -0.545 e. The summed E-state index contributed by atoms with van der Waals surface area (Å²) < 4.78 is 22.7. The molecule has 0 N–H and O–H groups in total. The fraction of sp³-hybridized carbons (Fsp3) is 0.689. The molecule has 83 heavy (non-hydrogen) atoms. The number of unbranched alkanes of at least 4 members (excludes halogenated alkanes) is 26. The van der Waals surface area contributed by atoms with Crippen LogP contribution in [-0.2, 0) is 33.3 Å². The van der Waals surface area contributed by atoms with Gasteiger partial charge in [-0.1, -0.05) is 289 Å². The summed E-state index contributed by atoms with van der Waals surface area (Å²) in [7, 11) is 5.92. The lowest BCUT2D eigenvalue weighted by Gasteiger charge is -2.26. The number of nitrogens with zero attached hydrogens (tertiary/aromatic N) is 1. The zero-order valence-corrected chi connectivity index (χ0v) is 54.0. The van der Waals surface area contributed by atoms with E-state index in [-0.39, 0.29) is 32.2 Å². The highest BCUT2D eigenvalue weighted by Crippen LogP contribution is 2.17. The van der Waals surface area contributed by atoms with Crippen molar-refractivity contribution in [1.29, 1.82) is 0 Å². The number of hydrogen-bond donors (Lipinski definition) is 0. The average molecular weight is 1160 g/mol. The van der Waals surface area contributed by atoms with E-state index in [1.54, 1.807) is 0 Å². The lowest BCUT2D eigenvalue weighted by Crippen LogP contribution is -2.44. The first-order valence-electron chi connectivity index (χ1n) is 33.7. The molecule has 0 aromatic rings. The standard InChI is InChI=1S/C74H125NO8/c1-6-8-10-12-14-16-18-20-22-24-25-26-27-28-29-30-31-32-33-34-35-36-37-38-39-40-41-42-43-44-45-46-47-49-51-53-55-57-59-61-63-65-72(77)83-70(69-82-74(73(78)79)80-67-66-75(3,4)5)68-81-71(76)64-62-60-58-56-54-52-50-48-23-21-19-17-15-13-11-9-7-2/h8,10,14,16,20,22,25-26,28-29,31-32,34-35,37-38,40-41,43-44,70,74H,6-7,9,11-13,15,17-19,21,23-24,27,30,33,36,39,42,45-69H2,1-5H3/b10-8-,16-14-,22-20-,26-25-,29-28-,32-31-,35-34-,38-37-,41-40-,44-43-. The fourth-order valence-electron chi connectivity index (χ4n) is 9.10. The van der Waals surface area contributed by atoms with Gasteiger partial charge in [-0.3, -0.25) is 9.59 Å². The van der Waals surface area contributed by atoms with E-state index in [1.807, 2.05) is 21.1 Å². The summed E-state index contributed by atoms with van der Waals surface area (Å²) in [5.41, 5.74) is 0. The Hall–Kier alpha value is -4.31. The summed E-state index contributed by atoms with van der Waals surface area (Å²) in [6.45, 7) is 4.64. The highest BCUT2D eigenvalue weighted by Gasteiger charge is 2.22. The third-order valence-electron chi connectivity index (χ3n) is 14.2. The van der Waals surface area contributed by atoms with Gasteiger partial charge in [-0.15, -0.1) is 0 Å². The second kappa shape index (κ2) is 63.7. The van der Waals surface area contributed by atoms with Crippen molar-refractivity contribution in [1.82, 2.24) is 0 Å². The lowest BCUT2D eigenvalue weighted by molar-refractivity contribution is -0.870. The lowest BCUT2D eigenvalue weighted by atomic mass is 10.0. The molecule has 0 rings (SSSR count). The van der Waals surface area contributed by atoms with Gasteiger partial charge in [-0.2, -0.15) is 0 Å². The maximum absolute atomic E-state index is 12.9. The smallest absolute Gasteiger partial charge is 0.306 e. The van der Waals surface area contributed by atoms with Crippen molar-refractivity contribution in [2.45, 2.75) is 283 Å². The van der Waals surface area contributed by atoms with Crippen LogP contribution in [0.25, 0.3) is 0 Å². The largest absolute Gasteiger partial charge is 0.545 e. The molecule has 0 radical (unpaired) electrons. The maximum Gasteiger partial charge on any atom is 0.306 e. The van der Waals surface area contributed by atoms with Gasteiger partial charge in [-0.25, -0.2) is 0 Å². The molecule has 474 valence electrons. The van der Waals surface area contributed by atoms with Crippen LogP contribution in [0.3, 0.4) is 0 Å². The molecular weight excluding hydrogens is 1030 g/mol. The number of carboxylic acids is 1. The SMILES string of the molecule is CC/C=C\C/C=C\C/C=C\C/C=C\C/C=C\C/C=C\C/C=C\C/C=C\C/C=C\C/C=C\CCCCCCCCCCCCC(=O)OC(COC(=O)CCCCCCCCCCCCCCCCCCC)COC(OCC[N+](C)(C)C)C(=O)[O-]. The maximum atomic E-state index is 12.9. The molecule has 0 aromatic carbocycles. The first-order chi connectivity index (χ1) is 40.6. The number of esters is 2. The molecule has 0 aliphatic rings. The summed E-state index contributed by atoms with van der Waals surface area (Å²) >= 11 is 0. The number of carboxylic acid groups (broad SMARTS) is 1. The van der Waals surface area contributed by atoms with E-state index in [0.29, 0.717) is 23.9 Å². The minimum atomic E-state index is -1.63. The number of quaternary nitrogens is 1. The predicted molar refractivity (Wildman–Crippen MR) is 352 cm³/mol. The van der Waals surface area contributed by atoms with Crippen LogP contribution in [-0.4, -0.2) is 82.3 Å². The van der Waals surface area contributed by atoms with Gasteiger partial charge in [0.05, 0.1) is 40.3 Å². The quantitative estimate of drug-likeness (QED) is 0.0195. The molecular formula is C74H125NO8. The Labute approximate surface area is 510 Å². The third kappa shape index (κ3) is 65.1. The number of aliphatic carboxylic acids is 1. The molecule has 0 amide bonds. The Bertz CT molecular complexity index is 1780. The number of hydrogen-bond acceptors (Lipinski definition) is 8. The molecule has 0 saturated heterocycles. The highest BCUT2D eigenvalue weighted by molar-refractivity contribution is 5.70. The first kappa shape index (κ1) is 78.7. The summed E-state index contributed by atoms with van der Waals surface area (Å²) in [4.78, 5) is 37.4. The fourth-order valence-corrected chi connectivity index (χ4v) is 9.10. The van der Waals surface area contributed by atoms with Crippen molar-refractivity contribution in [3.63, 3.8) is 0 Å². The Kier molecular flexibility index (Phi) is 60.4. The highest BCUT2D eigenvalue weighted by atomic mass is 16.7. The molecule has 9 heteroatoms. The van der Waals surface area contributed by atoms with Gasteiger partial charge in [0.2, 0.25) is 0 Å². The average Bonchev–Trinajstić information content (AvgIpc) is 3.46. The summed E-state index contributed by atoms with van der Waals surface area (Å²) in [6, 6.07) is 0. The molecule has 0 saturated carbocycles. The van der Waals surface area contributed by atoms with Crippen molar-refractivity contribution >= 4 is 17.9 Å². The third-order valence-corrected chi connectivity index (χ3v) is 14.2. The van der Waals surface area contributed by atoms with E-state index in [1.165, 1.54) is 128 Å². The van der Waals surface area contributed by atoms with E-state index in [4.69, 9.17) is 18.9 Å². The van der Waals surface area contributed by atoms with Crippen molar-refractivity contribution in [3.05, 3.63) is 122 Å². The molecule has 0 aliphatic carbocycles. The Morgan fingerprint density at radius 3 is 1.02 bits per heavy atom. The van der Waals surface area contributed by atoms with Crippen LogP contribution in [0.5, 0.6) is 0 Å². The topological polar surface area (TPSA) is 111 Å². The summed E-state index contributed by atoms with van der Waals surface area (Å²) in [6.07, 6.45) is 87.0. The number of carbonyl (C=O) groups is 3. The van der Waals surface area contributed by atoms with E-state index in [0.717, 1.165) is 109 Å². The van der Waals surface area contributed by atoms with Crippen molar-refractivity contribution < 1.29 is 42.9 Å². The van der Waals surface area contributed by atoms with Crippen molar-refractivity contribution in [2.75, 3.05) is 47.5 Å². The molecule has 2 atom stereocenters.